The second-order valence-corrected chi connectivity index (χ2v) is 7.08. The molecule has 3 heterocycles. The van der Waals surface area contributed by atoms with Crippen molar-refractivity contribution in [2.75, 3.05) is 13.1 Å². The van der Waals surface area contributed by atoms with Gasteiger partial charge in [0.25, 0.3) is 5.91 Å². The second kappa shape index (κ2) is 6.14. The van der Waals surface area contributed by atoms with Gasteiger partial charge >= 0.3 is 0 Å². The van der Waals surface area contributed by atoms with Crippen molar-refractivity contribution in [2.24, 2.45) is 0 Å². The summed E-state index contributed by atoms with van der Waals surface area (Å²) in [6.45, 7) is 1.15. The molecule has 0 aliphatic carbocycles. The number of piperazine rings is 1. The van der Waals surface area contributed by atoms with Gasteiger partial charge in [-0.25, -0.2) is 13.1 Å². The van der Waals surface area contributed by atoms with E-state index in [1.807, 2.05) is 0 Å². The van der Waals surface area contributed by atoms with Crippen LogP contribution in [0, 0.1) is 11.6 Å². The van der Waals surface area contributed by atoms with Crippen LogP contribution in [0.2, 0.25) is 0 Å². The summed E-state index contributed by atoms with van der Waals surface area (Å²) in [5, 5.41) is 9.96. The summed E-state index contributed by atoms with van der Waals surface area (Å²) in [7, 11) is 0. The number of amides is 1. The highest BCUT2D eigenvalue weighted by atomic mass is 32.2. The molecule has 9 heteroatoms. The summed E-state index contributed by atoms with van der Waals surface area (Å²) in [5.74, 6) is -1.29. The average molecular weight is 351 g/mol. The first-order valence-corrected chi connectivity index (χ1v) is 8.45. The lowest BCUT2D eigenvalue weighted by Gasteiger charge is -2.39. The van der Waals surface area contributed by atoms with Crippen LogP contribution in [-0.4, -0.2) is 55.7 Å². The number of likely N-dealkylation sites (tertiary alicyclic amines) is 1. The highest BCUT2D eigenvalue weighted by Gasteiger charge is 2.42. The molecule has 2 atom stereocenters. The van der Waals surface area contributed by atoms with Gasteiger partial charge in [0.15, 0.2) is 5.69 Å². The van der Waals surface area contributed by atoms with E-state index >= 15 is 0 Å². The Labute approximate surface area is 141 Å². The number of H-pyrrole nitrogens is 1. The molecule has 2 aliphatic rings. The van der Waals surface area contributed by atoms with E-state index in [0.29, 0.717) is 23.7 Å². The Bertz CT molecular complexity index is 722. The fourth-order valence-corrected chi connectivity index (χ4v) is 4.57. The molecule has 1 aromatic heterocycles. The lowest BCUT2D eigenvalue weighted by molar-refractivity contribution is 0.0622. The molecule has 0 spiro atoms. The van der Waals surface area contributed by atoms with Crippen LogP contribution in [0.1, 0.15) is 23.3 Å². The van der Waals surface area contributed by atoms with Crippen LogP contribution in [0.5, 0.6) is 0 Å². The Morgan fingerprint density at radius 2 is 1.83 bits per heavy atom. The number of aromatic amines is 1. The highest BCUT2D eigenvalue weighted by molar-refractivity contribution is 7.97. The predicted octanol–water partition coefficient (Wildman–Crippen LogP) is 2.08. The van der Waals surface area contributed by atoms with Crippen LogP contribution in [-0.2, 0) is 0 Å². The number of hydrogen-bond donors (Lipinski definition) is 1. The molecule has 24 heavy (non-hydrogen) atoms. The van der Waals surface area contributed by atoms with E-state index in [-0.39, 0.29) is 18.0 Å². The molecule has 2 aliphatic heterocycles. The van der Waals surface area contributed by atoms with E-state index in [9.17, 15) is 13.6 Å². The number of carbonyl (C=O) groups excluding carboxylic acids is 1. The van der Waals surface area contributed by atoms with Gasteiger partial charge in [0.2, 0.25) is 0 Å². The smallest absolute Gasteiger partial charge is 0.276 e. The van der Waals surface area contributed by atoms with Gasteiger partial charge in [-0.1, -0.05) is 0 Å². The van der Waals surface area contributed by atoms with E-state index in [1.54, 1.807) is 4.90 Å². The van der Waals surface area contributed by atoms with Crippen LogP contribution in [0.25, 0.3) is 0 Å². The molecule has 6 nitrogen and oxygen atoms in total. The largest absolute Gasteiger partial charge is 0.334 e. The molecule has 126 valence electrons. The molecule has 4 rings (SSSR count). The summed E-state index contributed by atoms with van der Waals surface area (Å²) in [6, 6.07) is 3.86. The number of benzene rings is 1. The molecule has 2 aromatic rings. The molecule has 2 saturated heterocycles. The molecule has 1 N–H and O–H groups in total. The molecular weight excluding hydrogens is 336 g/mol. The van der Waals surface area contributed by atoms with Gasteiger partial charge in [-0.05, 0) is 36.9 Å². The predicted molar refractivity (Wildman–Crippen MR) is 83.2 cm³/mol. The standard InChI is InChI=1S/C15H15F2N5OS/c16-9-3-10(17)5-13(4-9)24-22-11-1-2-12(22)8-21(7-11)15(23)14-6-18-20-19-14/h3-6,11-12H,1-2,7-8H2,(H,18,19,20). The van der Waals surface area contributed by atoms with Crippen molar-refractivity contribution in [3.05, 3.63) is 41.7 Å². The number of rotatable bonds is 3. The third-order valence-electron chi connectivity index (χ3n) is 4.38. The zero-order valence-electron chi connectivity index (χ0n) is 12.7. The fraction of sp³-hybridized carbons (Fsp3) is 0.400. The number of aromatic nitrogens is 3. The molecule has 2 fully saturated rings. The summed E-state index contributed by atoms with van der Waals surface area (Å²) in [5.41, 5.74) is 0.308. The maximum atomic E-state index is 13.4. The van der Waals surface area contributed by atoms with Crippen molar-refractivity contribution in [1.82, 2.24) is 24.6 Å². The number of hydrogen-bond acceptors (Lipinski definition) is 5. The summed E-state index contributed by atoms with van der Waals surface area (Å²) < 4.78 is 28.9. The molecule has 0 radical (unpaired) electrons. The van der Waals surface area contributed by atoms with E-state index in [1.165, 1.54) is 30.3 Å². The third-order valence-corrected chi connectivity index (χ3v) is 5.64. The van der Waals surface area contributed by atoms with E-state index in [4.69, 9.17) is 0 Å². The van der Waals surface area contributed by atoms with Crippen molar-refractivity contribution in [3.8, 4) is 0 Å². The van der Waals surface area contributed by atoms with Gasteiger partial charge in [0.05, 0.1) is 6.20 Å². The Morgan fingerprint density at radius 3 is 2.42 bits per heavy atom. The lowest BCUT2D eigenvalue weighted by atomic mass is 10.2. The Balaban J connectivity index is 1.48. The first-order valence-electron chi connectivity index (χ1n) is 7.67. The monoisotopic (exact) mass is 351 g/mol. The lowest BCUT2D eigenvalue weighted by Crippen LogP contribution is -2.52. The van der Waals surface area contributed by atoms with Crippen LogP contribution >= 0.6 is 11.9 Å². The fourth-order valence-electron chi connectivity index (χ4n) is 3.35. The zero-order valence-corrected chi connectivity index (χ0v) is 13.5. The van der Waals surface area contributed by atoms with Gasteiger partial charge in [-0.3, -0.25) is 4.79 Å². The Morgan fingerprint density at radius 1 is 1.17 bits per heavy atom. The summed E-state index contributed by atoms with van der Waals surface area (Å²) in [4.78, 5) is 14.7. The van der Waals surface area contributed by atoms with Gasteiger partial charge in [-0.2, -0.15) is 15.4 Å². The van der Waals surface area contributed by atoms with Crippen LogP contribution in [0.3, 0.4) is 0 Å². The SMILES string of the molecule is O=C(c1cn[nH]n1)N1CC2CCC(C1)N2Sc1cc(F)cc(F)c1. The number of fused-ring (bicyclic) bond motifs is 2. The highest BCUT2D eigenvalue weighted by Crippen LogP contribution is 2.39. The van der Waals surface area contributed by atoms with Gasteiger partial charge in [-0.15, -0.1) is 0 Å². The van der Waals surface area contributed by atoms with E-state index < -0.39 is 11.6 Å². The van der Waals surface area contributed by atoms with Gasteiger partial charge < -0.3 is 4.90 Å². The molecule has 0 saturated carbocycles. The van der Waals surface area contributed by atoms with Crippen molar-refractivity contribution in [3.63, 3.8) is 0 Å². The normalized spacial score (nSPS) is 23.7. The number of halogens is 2. The van der Waals surface area contributed by atoms with Crippen LogP contribution in [0.4, 0.5) is 8.78 Å². The van der Waals surface area contributed by atoms with Gasteiger partial charge in [0, 0.05) is 36.1 Å². The quantitative estimate of drug-likeness (QED) is 0.858. The molecular formula is C15H15F2N5OS. The van der Waals surface area contributed by atoms with Gasteiger partial charge in [0.1, 0.15) is 11.6 Å². The minimum atomic E-state index is -0.579. The number of carbonyl (C=O) groups is 1. The van der Waals surface area contributed by atoms with Crippen LogP contribution in [0.15, 0.2) is 29.3 Å². The maximum Gasteiger partial charge on any atom is 0.276 e. The van der Waals surface area contributed by atoms with Crippen molar-refractivity contribution in [2.45, 2.75) is 29.8 Å². The number of nitrogens with one attached hydrogen (secondary N) is 1. The first kappa shape index (κ1) is 15.5. The number of nitrogens with zero attached hydrogens (tertiary/aromatic N) is 4. The molecule has 2 unspecified atom stereocenters. The van der Waals surface area contributed by atoms with Crippen molar-refractivity contribution < 1.29 is 13.6 Å². The Hall–Kier alpha value is -2.00. The minimum absolute atomic E-state index is 0.137. The molecule has 1 amide bonds. The van der Waals surface area contributed by atoms with Crippen molar-refractivity contribution in [1.29, 1.82) is 0 Å². The average Bonchev–Trinajstić information content (AvgIpc) is 3.12. The minimum Gasteiger partial charge on any atom is -0.334 e. The summed E-state index contributed by atoms with van der Waals surface area (Å²) in [6.07, 6.45) is 3.33. The summed E-state index contributed by atoms with van der Waals surface area (Å²) >= 11 is 1.36. The molecule has 1 aromatic carbocycles. The second-order valence-electron chi connectivity index (χ2n) is 6.01. The zero-order chi connectivity index (χ0) is 16.7. The van der Waals surface area contributed by atoms with E-state index in [0.717, 1.165) is 18.9 Å². The third kappa shape index (κ3) is 2.89. The van der Waals surface area contributed by atoms with E-state index in [2.05, 4.69) is 19.7 Å². The van der Waals surface area contributed by atoms with Crippen LogP contribution < -0.4 is 0 Å². The maximum absolute atomic E-state index is 13.4. The molecule has 2 bridgehead atoms. The Kier molecular flexibility index (Phi) is 3.97. The van der Waals surface area contributed by atoms with Crippen molar-refractivity contribution >= 4 is 17.9 Å². The topological polar surface area (TPSA) is 65.1 Å². The first-order chi connectivity index (χ1) is 11.6.